The molecule has 4 rings (SSSR count). The highest BCUT2D eigenvalue weighted by Gasteiger charge is 2.33. The average molecular weight is 418 g/mol. The fourth-order valence-electron chi connectivity index (χ4n) is 4.22. The molecule has 1 aromatic carbocycles. The Hall–Kier alpha value is -2.64. The van der Waals surface area contributed by atoms with Gasteiger partial charge < -0.3 is 14.5 Å². The summed E-state index contributed by atoms with van der Waals surface area (Å²) in [7, 11) is 1.89. The van der Waals surface area contributed by atoms with Crippen LogP contribution < -0.4 is 4.90 Å². The zero-order chi connectivity index (χ0) is 21.6. The lowest BCUT2D eigenvalue weighted by Gasteiger charge is -2.33. The Morgan fingerprint density at radius 3 is 2.67 bits per heavy atom. The number of fused-ring (bicyclic) bond motifs is 2. The van der Waals surface area contributed by atoms with Gasteiger partial charge >= 0.3 is 6.09 Å². The SMILES string of the molecule is Cn1nc(N2CCCc3ccc(C(F)F)cc32)c2c1CCN(C(=O)OC(C)(C)C)C2. The van der Waals surface area contributed by atoms with Crippen LogP contribution in [0.1, 0.15) is 56.0 Å². The molecule has 1 amide bonds. The molecule has 0 N–H and O–H groups in total. The lowest BCUT2D eigenvalue weighted by atomic mass is 9.98. The normalized spacial score (nSPS) is 16.5. The number of halogens is 2. The van der Waals surface area contributed by atoms with E-state index in [1.54, 1.807) is 17.0 Å². The molecule has 0 atom stereocenters. The Bertz CT molecular complexity index is 965. The first-order valence-electron chi connectivity index (χ1n) is 10.4. The molecule has 30 heavy (non-hydrogen) atoms. The minimum Gasteiger partial charge on any atom is -0.444 e. The van der Waals surface area contributed by atoms with Gasteiger partial charge in [-0.15, -0.1) is 0 Å². The van der Waals surface area contributed by atoms with Crippen molar-refractivity contribution >= 4 is 17.6 Å². The van der Waals surface area contributed by atoms with Crippen LogP contribution in [0.5, 0.6) is 0 Å². The Labute approximate surface area is 175 Å². The molecule has 162 valence electrons. The van der Waals surface area contributed by atoms with Gasteiger partial charge in [0.15, 0.2) is 5.82 Å². The summed E-state index contributed by atoms with van der Waals surface area (Å²) >= 11 is 0. The molecule has 0 aliphatic carbocycles. The number of anilines is 2. The van der Waals surface area contributed by atoms with Crippen molar-refractivity contribution in [3.8, 4) is 0 Å². The van der Waals surface area contributed by atoms with Gasteiger partial charge in [0.25, 0.3) is 6.43 Å². The topological polar surface area (TPSA) is 50.6 Å². The van der Waals surface area contributed by atoms with Gasteiger partial charge in [0.1, 0.15) is 5.60 Å². The van der Waals surface area contributed by atoms with Crippen molar-refractivity contribution in [2.45, 2.75) is 58.6 Å². The van der Waals surface area contributed by atoms with Gasteiger partial charge in [-0.2, -0.15) is 5.10 Å². The molecule has 0 spiro atoms. The van der Waals surface area contributed by atoms with Crippen molar-refractivity contribution in [2.75, 3.05) is 18.0 Å². The molecule has 2 aliphatic rings. The lowest BCUT2D eigenvalue weighted by Crippen LogP contribution is -2.40. The number of ether oxygens (including phenoxy) is 1. The Morgan fingerprint density at radius 1 is 1.20 bits per heavy atom. The number of alkyl halides is 2. The molecule has 0 fully saturated rings. The van der Waals surface area contributed by atoms with Crippen LogP contribution in [0.4, 0.5) is 25.1 Å². The van der Waals surface area contributed by atoms with Gasteiger partial charge in [-0.05, 0) is 45.2 Å². The summed E-state index contributed by atoms with van der Waals surface area (Å²) < 4.78 is 34.0. The molecule has 2 aliphatic heterocycles. The average Bonchev–Trinajstić information content (AvgIpc) is 3.01. The van der Waals surface area contributed by atoms with Crippen molar-refractivity contribution in [3.05, 3.63) is 40.6 Å². The molecular formula is C22H28F2N4O2. The molecule has 3 heterocycles. The molecule has 6 nitrogen and oxygen atoms in total. The van der Waals surface area contributed by atoms with Gasteiger partial charge in [-0.1, -0.05) is 12.1 Å². The monoisotopic (exact) mass is 418 g/mol. The van der Waals surface area contributed by atoms with Crippen LogP contribution in [0.2, 0.25) is 0 Å². The van der Waals surface area contributed by atoms with Gasteiger partial charge in [-0.25, -0.2) is 13.6 Å². The number of hydrogen-bond donors (Lipinski definition) is 0. The maximum absolute atomic E-state index is 13.3. The highest BCUT2D eigenvalue weighted by molar-refractivity contribution is 5.72. The minimum atomic E-state index is -2.51. The molecule has 8 heteroatoms. The number of amides is 1. The molecule has 0 radical (unpaired) electrons. The fraction of sp³-hybridized carbons (Fsp3) is 0.545. The first-order chi connectivity index (χ1) is 14.1. The number of rotatable bonds is 2. The maximum Gasteiger partial charge on any atom is 0.410 e. The Balaban J connectivity index is 1.69. The molecule has 0 saturated heterocycles. The van der Waals surface area contributed by atoms with E-state index in [0.717, 1.165) is 41.2 Å². The highest BCUT2D eigenvalue weighted by Crippen LogP contribution is 2.39. The third kappa shape index (κ3) is 3.87. The van der Waals surface area contributed by atoms with Gasteiger partial charge in [0.05, 0.1) is 6.54 Å². The van der Waals surface area contributed by atoms with Gasteiger partial charge in [-0.3, -0.25) is 4.68 Å². The summed E-state index contributed by atoms with van der Waals surface area (Å²) in [4.78, 5) is 16.3. The van der Waals surface area contributed by atoms with Crippen molar-refractivity contribution < 1.29 is 18.3 Å². The Morgan fingerprint density at radius 2 is 1.97 bits per heavy atom. The van der Waals surface area contributed by atoms with Gasteiger partial charge in [0.2, 0.25) is 0 Å². The summed E-state index contributed by atoms with van der Waals surface area (Å²) in [6.07, 6.45) is -0.409. The number of nitrogens with zero attached hydrogens (tertiary/aromatic N) is 4. The van der Waals surface area contributed by atoms with Crippen LogP contribution in [0.3, 0.4) is 0 Å². The molecule has 0 saturated carbocycles. The van der Waals surface area contributed by atoms with Crippen molar-refractivity contribution in [1.29, 1.82) is 0 Å². The highest BCUT2D eigenvalue weighted by atomic mass is 19.3. The molecule has 0 bridgehead atoms. The zero-order valence-electron chi connectivity index (χ0n) is 17.9. The minimum absolute atomic E-state index is 0.0147. The predicted octanol–water partition coefficient (Wildman–Crippen LogP) is 4.74. The van der Waals surface area contributed by atoms with Gasteiger partial charge in [0, 0.05) is 49.1 Å². The van der Waals surface area contributed by atoms with Crippen molar-refractivity contribution in [3.63, 3.8) is 0 Å². The molecule has 0 unspecified atom stereocenters. The standard InChI is InChI=1S/C22H28F2N4O2/c1-22(2,3)30-21(29)27-11-9-17-16(13-27)20(25-26(17)4)28-10-5-6-14-7-8-15(19(23)24)12-18(14)28/h7-8,12,19H,5-6,9-11,13H2,1-4H3. The first-order valence-corrected chi connectivity index (χ1v) is 10.4. The van der Waals surface area contributed by atoms with E-state index in [1.165, 1.54) is 6.07 Å². The second kappa shape index (κ2) is 7.56. The summed E-state index contributed by atoms with van der Waals surface area (Å²) in [6, 6.07) is 4.88. The maximum atomic E-state index is 13.3. The lowest BCUT2D eigenvalue weighted by molar-refractivity contribution is 0.0223. The number of aryl methyl sites for hydroxylation is 2. The number of carbonyl (C=O) groups is 1. The summed E-state index contributed by atoms with van der Waals surface area (Å²) in [5.74, 6) is 0.744. The number of aromatic nitrogens is 2. The smallest absolute Gasteiger partial charge is 0.410 e. The van der Waals surface area contributed by atoms with E-state index in [0.29, 0.717) is 26.1 Å². The van der Waals surface area contributed by atoms with E-state index >= 15 is 0 Å². The second-order valence-electron chi connectivity index (χ2n) is 8.97. The van der Waals surface area contributed by atoms with Crippen molar-refractivity contribution in [1.82, 2.24) is 14.7 Å². The fourth-order valence-corrected chi connectivity index (χ4v) is 4.22. The van der Waals surface area contributed by atoms with E-state index in [1.807, 2.05) is 37.4 Å². The second-order valence-corrected chi connectivity index (χ2v) is 8.97. The zero-order valence-corrected chi connectivity index (χ0v) is 17.9. The van der Waals surface area contributed by atoms with E-state index < -0.39 is 12.0 Å². The number of benzene rings is 1. The van der Waals surface area contributed by atoms with Crippen LogP contribution >= 0.6 is 0 Å². The largest absolute Gasteiger partial charge is 0.444 e. The van der Waals surface area contributed by atoms with E-state index in [2.05, 4.69) is 0 Å². The van der Waals surface area contributed by atoms with Crippen LogP contribution in [0.25, 0.3) is 0 Å². The Kier molecular flexibility index (Phi) is 5.20. The van der Waals surface area contributed by atoms with Crippen molar-refractivity contribution in [2.24, 2.45) is 7.05 Å². The number of carbonyl (C=O) groups excluding carboxylic acids is 1. The number of hydrogen-bond acceptors (Lipinski definition) is 4. The molecule has 1 aromatic heterocycles. The van der Waals surface area contributed by atoms with Crippen LogP contribution in [0.15, 0.2) is 18.2 Å². The van der Waals surface area contributed by atoms with Crippen LogP contribution in [0, 0.1) is 0 Å². The summed E-state index contributed by atoms with van der Waals surface area (Å²) in [5.41, 5.74) is 3.32. The third-order valence-electron chi connectivity index (χ3n) is 5.61. The van der Waals surface area contributed by atoms with E-state index in [-0.39, 0.29) is 11.7 Å². The quantitative estimate of drug-likeness (QED) is 0.707. The van der Waals surface area contributed by atoms with Crippen LogP contribution in [-0.4, -0.2) is 39.5 Å². The molecule has 2 aromatic rings. The van der Waals surface area contributed by atoms with E-state index in [9.17, 15) is 13.6 Å². The predicted molar refractivity (Wildman–Crippen MR) is 110 cm³/mol. The van der Waals surface area contributed by atoms with Crippen LogP contribution in [-0.2, 0) is 31.2 Å². The first kappa shape index (κ1) is 20.6. The van der Waals surface area contributed by atoms with E-state index in [4.69, 9.17) is 9.84 Å². The molecular weight excluding hydrogens is 390 g/mol. The third-order valence-corrected chi connectivity index (χ3v) is 5.61. The summed E-state index contributed by atoms with van der Waals surface area (Å²) in [6.45, 7) is 7.21. The summed E-state index contributed by atoms with van der Waals surface area (Å²) in [5, 5.41) is 4.73.